The van der Waals surface area contributed by atoms with Gasteiger partial charge in [-0.3, -0.25) is 0 Å². The Morgan fingerprint density at radius 2 is 1.71 bits per heavy atom. The van der Waals surface area contributed by atoms with Gasteiger partial charge in [0.25, 0.3) is 0 Å². The molecule has 1 aromatic rings. The third-order valence-corrected chi connectivity index (χ3v) is 3.41. The van der Waals surface area contributed by atoms with Crippen molar-refractivity contribution in [2.24, 2.45) is 0 Å². The van der Waals surface area contributed by atoms with Gasteiger partial charge in [-0.15, -0.1) is 0 Å². The molecule has 0 radical (unpaired) electrons. The molecular weight excluding hydrogens is 208 g/mol. The van der Waals surface area contributed by atoms with Crippen LogP contribution in [0.1, 0.15) is 31.9 Å². The molecule has 0 atom stereocenters. The van der Waals surface area contributed by atoms with Gasteiger partial charge < -0.3 is 10.2 Å². The van der Waals surface area contributed by atoms with E-state index in [9.17, 15) is 0 Å². The average molecular weight is 232 g/mol. The number of piperazine rings is 1. The molecule has 0 bridgehead atoms. The van der Waals surface area contributed by atoms with E-state index < -0.39 is 0 Å². The molecule has 0 aliphatic carbocycles. The van der Waals surface area contributed by atoms with Crippen LogP contribution in [0.3, 0.4) is 0 Å². The molecule has 94 valence electrons. The van der Waals surface area contributed by atoms with Gasteiger partial charge in [-0.25, -0.2) is 0 Å². The molecular formula is C15H24N2. The molecule has 0 spiro atoms. The number of nitrogens with zero attached hydrogens (tertiary/aromatic N) is 1. The Morgan fingerprint density at radius 3 is 2.29 bits per heavy atom. The lowest BCUT2D eigenvalue weighted by atomic mass is 9.86. The van der Waals surface area contributed by atoms with E-state index in [0.29, 0.717) is 0 Å². The summed E-state index contributed by atoms with van der Waals surface area (Å²) in [6.45, 7) is 13.5. The summed E-state index contributed by atoms with van der Waals surface area (Å²) in [7, 11) is 0. The zero-order valence-corrected chi connectivity index (χ0v) is 11.5. The van der Waals surface area contributed by atoms with Gasteiger partial charge in [0.2, 0.25) is 0 Å². The highest BCUT2D eigenvalue weighted by atomic mass is 15.2. The van der Waals surface area contributed by atoms with Gasteiger partial charge in [0.1, 0.15) is 0 Å². The molecule has 0 unspecified atom stereocenters. The quantitative estimate of drug-likeness (QED) is 0.801. The van der Waals surface area contributed by atoms with E-state index in [4.69, 9.17) is 0 Å². The predicted molar refractivity (Wildman–Crippen MR) is 75.0 cm³/mol. The number of nitrogens with one attached hydrogen (secondary N) is 1. The minimum Gasteiger partial charge on any atom is -0.369 e. The highest BCUT2D eigenvalue weighted by molar-refractivity contribution is 5.52. The molecule has 0 saturated carbocycles. The molecule has 0 amide bonds. The summed E-state index contributed by atoms with van der Waals surface area (Å²) in [4.78, 5) is 2.48. The van der Waals surface area contributed by atoms with Gasteiger partial charge in [-0.2, -0.15) is 0 Å². The first-order valence-electron chi connectivity index (χ1n) is 6.55. The van der Waals surface area contributed by atoms with Gasteiger partial charge in [-0.05, 0) is 35.6 Å². The largest absolute Gasteiger partial charge is 0.369 e. The lowest BCUT2D eigenvalue weighted by molar-refractivity contribution is 0.579. The molecule has 2 nitrogen and oxygen atoms in total. The van der Waals surface area contributed by atoms with E-state index in [2.05, 4.69) is 56.1 Å². The predicted octanol–water partition coefficient (Wildman–Crippen LogP) is 2.70. The van der Waals surface area contributed by atoms with Gasteiger partial charge >= 0.3 is 0 Å². The highest BCUT2D eigenvalue weighted by Gasteiger charge is 2.17. The molecule has 2 rings (SSSR count). The molecule has 1 N–H and O–H groups in total. The fraction of sp³-hybridized carbons (Fsp3) is 0.600. The zero-order valence-electron chi connectivity index (χ0n) is 11.5. The summed E-state index contributed by atoms with van der Waals surface area (Å²) in [5.41, 5.74) is 4.42. The standard InChI is InChI=1S/C15H24N2/c1-12-9-13(15(2,3)4)11-14(10-12)17-7-5-16-6-8-17/h9-11,16H,5-8H2,1-4H3. The number of aryl methyl sites for hydroxylation is 1. The van der Waals surface area contributed by atoms with Crippen molar-refractivity contribution in [2.75, 3.05) is 31.1 Å². The van der Waals surface area contributed by atoms with E-state index in [-0.39, 0.29) is 5.41 Å². The molecule has 1 aliphatic heterocycles. The second kappa shape index (κ2) is 4.69. The Hall–Kier alpha value is -1.02. The van der Waals surface area contributed by atoms with E-state index in [1.807, 2.05) is 0 Å². The fourth-order valence-corrected chi connectivity index (χ4v) is 2.30. The van der Waals surface area contributed by atoms with Crippen LogP contribution >= 0.6 is 0 Å². The first-order valence-corrected chi connectivity index (χ1v) is 6.55. The van der Waals surface area contributed by atoms with Crippen LogP contribution in [0, 0.1) is 6.92 Å². The molecule has 2 heteroatoms. The first-order chi connectivity index (χ1) is 7.97. The normalized spacial score (nSPS) is 17.3. The van der Waals surface area contributed by atoms with Gasteiger partial charge in [0, 0.05) is 31.9 Å². The second-order valence-corrected chi connectivity index (χ2v) is 6.04. The van der Waals surface area contributed by atoms with Gasteiger partial charge in [-0.1, -0.05) is 26.8 Å². The average Bonchev–Trinajstić information content (AvgIpc) is 2.28. The first kappa shape index (κ1) is 12.4. The van der Waals surface area contributed by atoms with E-state index >= 15 is 0 Å². The molecule has 1 aliphatic rings. The van der Waals surface area contributed by atoms with Crippen LogP contribution in [0.4, 0.5) is 5.69 Å². The Labute approximate surface area is 105 Å². The zero-order chi connectivity index (χ0) is 12.5. The van der Waals surface area contributed by atoms with Gasteiger partial charge in [0.05, 0.1) is 0 Å². The van der Waals surface area contributed by atoms with Crippen molar-refractivity contribution >= 4 is 5.69 Å². The Kier molecular flexibility index (Phi) is 3.43. The maximum Gasteiger partial charge on any atom is 0.0372 e. The van der Waals surface area contributed by atoms with Crippen LogP contribution in [0.5, 0.6) is 0 Å². The van der Waals surface area contributed by atoms with Crippen LogP contribution in [0.25, 0.3) is 0 Å². The third kappa shape index (κ3) is 3.01. The van der Waals surface area contributed by atoms with Crippen LogP contribution < -0.4 is 10.2 Å². The van der Waals surface area contributed by atoms with E-state index in [0.717, 1.165) is 26.2 Å². The minimum absolute atomic E-state index is 0.231. The Bertz CT molecular complexity index is 384. The van der Waals surface area contributed by atoms with Crippen molar-refractivity contribution in [2.45, 2.75) is 33.1 Å². The van der Waals surface area contributed by atoms with Crippen molar-refractivity contribution < 1.29 is 0 Å². The molecule has 1 aromatic carbocycles. The minimum atomic E-state index is 0.231. The summed E-state index contributed by atoms with van der Waals surface area (Å²) in [5, 5.41) is 3.40. The number of hydrogen-bond donors (Lipinski definition) is 1. The SMILES string of the molecule is Cc1cc(N2CCNCC2)cc(C(C)(C)C)c1. The highest BCUT2D eigenvalue weighted by Crippen LogP contribution is 2.28. The van der Waals surface area contributed by atoms with Gasteiger partial charge in [0.15, 0.2) is 0 Å². The summed E-state index contributed by atoms with van der Waals surface area (Å²) in [6.07, 6.45) is 0. The molecule has 1 heterocycles. The van der Waals surface area contributed by atoms with Crippen molar-refractivity contribution in [1.82, 2.24) is 5.32 Å². The van der Waals surface area contributed by atoms with Crippen molar-refractivity contribution in [1.29, 1.82) is 0 Å². The smallest absolute Gasteiger partial charge is 0.0372 e. The lowest BCUT2D eigenvalue weighted by Gasteiger charge is -2.31. The van der Waals surface area contributed by atoms with E-state index in [1.165, 1.54) is 16.8 Å². The van der Waals surface area contributed by atoms with Crippen molar-refractivity contribution in [3.63, 3.8) is 0 Å². The van der Waals surface area contributed by atoms with Crippen LogP contribution in [-0.2, 0) is 5.41 Å². The number of anilines is 1. The summed E-state index contributed by atoms with van der Waals surface area (Å²) in [5.74, 6) is 0. The second-order valence-electron chi connectivity index (χ2n) is 6.04. The molecule has 17 heavy (non-hydrogen) atoms. The third-order valence-electron chi connectivity index (χ3n) is 3.41. The Balaban J connectivity index is 2.31. The molecule has 1 fully saturated rings. The maximum absolute atomic E-state index is 3.40. The summed E-state index contributed by atoms with van der Waals surface area (Å²) >= 11 is 0. The van der Waals surface area contributed by atoms with Crippen LogP contribution in [-0.4, -0.2) is 26.2 Å². The number of hydrogen-bond acceptors (Lipinski definition) is 2. The fourth-order valence-electron chi connectivity index (χ4n) is 2.30. The van der Waals surface area contributed by atoms with E-state index in [1.54, 1.807) is 0 Å². The van der Waals surface area contributed by atoms with Crippen LogP contribution in [0.2, 0.25) is 0 Å². The van der Waals surface area contributed by atoms with Crippen molar-refractivity contribution in [3.8, 4) is 0 Å². The monoisotopic (exact) mass is 232 g/mol. The number of rotatable bonds is 1. The molecule has 0 aromatic heterocycles. The summed E-state index contributed by atoms with van der Waals surface area (Å²) < 4.78 is 0. The number of benzene rings is 1. The van der Waals surface area contributed by atoms with Crippen LogP contribution in [0.15, 0.2) is 18.2 Å². The lowest BCUT2D eigenvalue weighted by Crippen LogP contribution is -2.43. The topological polar surface area (TPSA) is 15.3 Å². The molecule has 1 saturated heterocycles. The van der Waals surface area contributed by atoms with Crippen molar-refractivity contribution in [3.05, 3.63) is 29.3 Å². The maximum atomic E-state index is 3.40. The Morgan fingerprint density at radius 1 is 1.06 bits per heavy atom. The summed E-state index contributed by atoms with van der Waals surface area (Å²) in [6, 6.07) is 6.98.